The molecule has 0 aromatic heterocycles. The molecule has 114 valence electrons. The van der Waals surface area contributed by atoms with Gasteiger partial charge in [0, 0.05) is 13.1 Å². The van der Waals surface area contributed by atoms with Crippen LogP contribution in [0.4, 0.5) is 0 Å². The summed E-state index contributed by atoms with van der Waals surface area (Å²) in [5.41, 5.74) is 5.58. The number of carbonyl (C=O) groups excluding carboxylic acids is 2. The van der Waals surface area contributed by atoms with Gasteiger partial charge in [0.2, 0.25) is 11.8 Å². The summed E-state index contributed by atoms with van der Waals surface area (Å²) in [7, 11) is 0. The van der Waals surface area contributed by atoms with Gasteiger partial charge < -0.3 is 20.7 Å². The lowest BCUT2D eigenvalue weighted by atomic mass is 10.0. The predicted octanol–water partition coefficient (Wildman–Crippen LogP) is 0.0523. The number of thiocarbonyl (C=S) groups is 1. The van der Waals surface area contributed by atoms with E-state index in [-0.39, 0.29) is 16.8 Å². The number of nitrogens with zero attached hydrogens (tertiary/aromatic N) is 1. The largest absolute Gasteiger partial charge is 0.393 e. The van der Waals surface area contributed by atoms with Crippen LogP contribution in [0, 0.1) is 5.92 Å². The molecule has 0 saturated carbocycles. The Morgan fingerprint density at radius 3 is 2.50 bits per heavy atom. The molecule has 0 aromatic rings. The fraction of sp³-hybridized carbons (Fsp3) is 0.769. The van der Waals surface area contributed by atoms with Crippen molar-refractivity contribution in [2.75, 3.05) is 26.3 Å². The van der Waals surface area contributed by atoms with Crippen molar-refractivity contribution in [3.8, 4) is 0 Å². The molecule has 2 atom stereocenters. The monoisotopic (exact) mass is 301 g/mol. The van der Waals surface area contributed by atoms with Crippen molar-refractivity contribution in [1.82, 2.24) is 10.2 Å². The van der Waals surface area contributed by atoms with E-state index in [1.165, 1.54) is 0 Å². The average molecular weight is 301 g/mol. The van der Waals surface area contributed by atoms with Crippen LogP contribution in [-0.4, -0.2) is 54.0 Å². The minimum absolute atomic E-state index is 0.0974. The second-order valence-corrected chi connectivity index (χ2v) is 5.38. The normalized spacial score (nSPS) is 18.2. The van der Waals surface area contributed by atoms with E-state index in [0.717, 1.165) is 6.42 Å². The summed E-state index contributed by atoms with van der Waals surface area (Å²) in [6, 6.07) is -0.575. The van der Waals surface area contributed by atoms with Gasteiger partial charge in [-0.05, 0) is 13.3 Å². The molecule has 1 saturated heterocycles. The average Bonchev–Trinajstić information content (AvgIpc) is 2.44. The van der Waals surface area contributed by atoms with E-state index in [4.69, 9.17) is 22.7 Å². The lowest BCUT2D eigenvalue weighted by molar-refractivity contribution is -0.139. The maximum absolute atomic E-state index is 12.2. The summed E-state index contributed by atoms with van der Waals surface area (Å²) in [5, 5.41) is 2.70. The van der Waals surface area contributed by atoms with Crippen molar-refractivity contribution in [3.05, 3.63) is 0 Å². The maximum Gasteiger partial charge on any atom is 0.245 e. The highest BCUT2D eigenvalue weighted by Gasteiger charge is 2.27. The number of rotatable bonds is 6. The van der Waals surface area contributed by atoms with Gasteiger partial charge in [-0.2, -0.15) is 0 Å². The molecule has 6 nitrogen and oxygen atoms in total. The molecule has 1 heterocycles. The van der Waals surface area contributed by atoms with Crippen LogP contribution in [0.1, 0.15) is 26.7 Å². The Morgan fingerprint density at radius 1 is 1.40 bits per heavy atom. The van der Waals surface area contributed by atoms with E-state index in [1.807, 2.05) is 6.92 Å². The molecular weight excluding hydrogens is 278 g/mol. The smallest absolute Gasteiger partial charge is 0.245 e. The molecule has 3 N–H and O–H groups in total. The first-order valence-corrected chi connectivity index (χ1v) is 7.34. The van der Waals surface area contributed by atoms with Crippen molar-refractivity contribution in [3.63, 3.8) is 0 Å². The van der Waals surface area contributed by atoms with Gasteiger partial charge in [-0.25, -0.2) is 0 Å². The Morgan fingerprint density at radius 2 is 2.00 bits per heavy atom. The van der Waals surface area contributed by atoms with E-state index in [1.54, 1.807) is 11.8 Å². The van der Waals surface area contributed by atoms with E-state index in [2.05, 4.69) is 5.32 Å². The summed E-state index contributed by atoms with van der Waals surface area (Å²) in [6.45, 7) is 5.84. The van der Waals surface area contributed by atoms with Gasteiger partial charge in [-0.3, -0.25) is 9.59 Å². The van der Waals surface area contributed by atoms with Crippen molar-refractivity contribution in [2.45, 2.75) is 32.7 Å². The third-order valence-electron chi connectivity index (χ3n) is 3.29. The van der Waals surface area contributed by atoms with Crippen molar-refractivity contribution < 1.29 is 14.3 Å². The molecule has 1 fully saturated rings. The first-order chi connectivity index (χ1) is 9.47. The zero-order chi connectivity index (χ0) is 15.1. The molecule has 0 spiro atoms. The van der Waals surface area contributed by atoms with Crippen molar-refractivity contribution in [2.24, 2.45) is 11.7 Å². The molecule has 0 aliphatic carbocycles. The Bertz CT molecular complexity index is 370. The topological polar surface area (TPSA) is 84.7 Å². The quantitative estimate of drug-likeness (QED) is 0.677. The van der Waals surface area contributed by atoms with Crippen molar-refractivity contribution >= 4 is 29.0 Å². The van der Waals surface area contributed by atoms with Crippen LogP contribution < -0.4 is 11.1 Å². The predicted molar refractivity (Wildman–Crippen MR) is 80.2 cm³/mol. The molecule has 1 rings (SSSR count). The minimum atomic E-state index is -0.575. The third kappa shape index (κ3) is 4.72. The Balaban J connectivity index is 2.54. The fourth-order valence-corrected chi connectivity index (χ4v) is 2.35. The van der Waals surface area contributed by atoms with Crippen LogP contribution >= 0.6 is 12.2 Å². The number of amides is 2. The zero-order valence-electron chi connectivity index (χ0n) is 12.1. The molecule has 0 bridgehead atoms. The van der Waals surface area contributed by atoms with E-state index >= 15 is 0 Å². The van der Waals surface area contributed by atoms with Crippen LogP contribution in [0.2, 0.25) is 0 Å². The number of nitrogens with one attached hydrogen (secondary N) is 1. The SMILES string of the molecule is CCCC(C(=O)NC(C)C(=O)N1CCOCC1)C(N)=S. The Kier molecular flexibility index (Phi) is 6.87. The molecule has 20 heavy (non-hydrogen) atoms. The van der Waals surface area contributed by atoms with Crippen LogP contribution in [0.25, 0.3) is 0 Å². The van der Waals surface area contributed by atoms with Crippen LogP contribution in [-0.2, 0) is 14.3 Å². The first-order valence-electron chi connectivity index (χ1n) is 6.93. The van der Waals surface area contributed by atoms with E-state index in [9.17, 15) is 9.59 Å². The molecule has 1 aliphatic rings. The Hall–Kier alpha value is -1.21. The first kappa shape index (κ1) is 16.8. The standard InChI is InChI=1S/C13H23N3O3S/c1-3-4-10(11(14)20)12(17)15-9(2)13(18)16-5-7-19-8-6-16/h9-10H,3-8H2,1-2H3,(H2,14,20)(H,15,17). The van der Waals surface area contributed by atoms with E-state index in [0.29, 0.717) is 32.7 Å². The molecule has 2 unspecified atom stereocenters. The highest BCUT2D eigenvalue weighted by molar-refractivity contribution is 7.80. The molecular formula is C13H23N3O3S. The summed E-state index contributed by atoms with van der Waals surface area (Å²) < 4.78 is 5.20. The van der Waals surface area contributed by atoms with Crippen LogP contribution in [0.5, 0.6) is 0 Å². The summed E-state index contributed by atoms with van der Waals surface area (Å²) in [4.78, 5) is 26.1. The second kappa shape index (κ2) is 8.16. The third-order valence-corrected chi connectivity index (χ3v) is 3.57. The summed E-state index contributed by atoms with van der Waals surface area (Å²) in [5.74, 6) is -0.872. The van der Waals surface area contributed by atoms with Gasteiger partial charge in [0.15, 0.2) is 0 Å². The lowest BCUT2D eigenvalue weighted by Crippen LogP contribution is -2.52. The number of hydrogen-bond acceptors (Lipinski definition) is 4. The number of nitrogens with two attached hydrogens (primary N) is 1. The van der Waals surface area contributed by atoms with Gasteiger partial charge >= 0.3 is 0 Å². The second-order valence-electron chi connectivity index (χ2n) is 4.91. The molecule has 7 heteroatoms. The van der Waals surface area contributed by atoms with Crippen molar-refractivity contribution in [1.29, 1.82) is 0 Å². The maximum atomic E-state index is 12.2. The molecule has 2 amide bonds. The van der Waals surface area contributed by atoms with Gasteiger partial charge in [-0.15, -0.1) is 0 Å². The Labute approximate surface area is 125 Å². The van der Waals surface area contributed by atoms with Crippen LogP contribution in [0.15, 0.2) is 0 Å². The highest BCUT2D eigenvalue weighted by Crippen LogP contribution is 2.08. The summed E-state index contributed by atoms with van der Waals surface area (Å²) in [6.07, 6.45) is 1.40. The van der Waals surface area contributed by atoms with E-state index < -0.39 is 12.0 Å². The summed E-state index contributed by atoms with van der Waals surface area (Å²) >= 11 is 4.91. The van der Waals surface area contributed by atoms with Gasteiger partial charge in [0.1, 0.15) is 6.04 Å². The van der Waals surface area contributed by atoms with Gasteiger partial charge in [-0.1, -0.05) is 25.6 Å². The fourth-order valence-electron chi connectivity index (χ4n) is 2.12. The van der Waals surface area contributed by atoms with Gasteiger partial charge in [0.25, 0.3) is 0 Å². The number of morpholine rings is 1. The molecule has 0 radical (unpaired) electrons. The lowest BCUT2D eigenvalue weighted by Gasteiger charge is -2.30. The van der Waals surface area contributed by atoms with Gasteiger partial charge in [0.05, 0.1) is 24.1 Å². The number of ether oxygens (including phenoxy) is 1. The minimum Gasteiger partial charge on any atom is -0.393 e. The van der Waals surface area contributed by atoms with Crippen LogP contribution in [0.3, 0.4) is 0 Å². The zero-order valence-corrected chi connectivity index (χ0v) is 12.9. The number of hydrogen-bond donors (Lipinski definition) is 2. The highest BCUT2D eigenvalue weighted by atomic mass is 32.1. The molecule has 0 aromatic carbocycles. The molecule has 1 aliphatic heterocycles. The number of carbonyl (C=O) groups is 2.